The number of nitrogens with one attached hydrogen (secondary N) is 2. The molecule has 1 unspecified atom stereocenters. The van der Waals surface area contributed by atoms with Crippen molar-refractivity contribution in [1.82, 2.24) is 15.5 Å². The molecule has 2 aromatic rings. The predicted molar refractivity (Wildman–Crippen MR) is 90.4 cm³/mol. The van der Waals surface area contributed by atoms with Crippen LogP contribution in [0.5, 0.6) is 5.75 Å². The molecule has 1 saturated heterocycles. The summed E-state index contributed by atoms with van der Waals surface area (Å²) in [6, 6.07) is 3.34. The number of nitrogens with zero attached hydrogens (tertiary/aromatic N) is 2. The number of H-pyrrole nitrogens is 1. The smallest absolute Gasteiger partial charge is 0.434 e. The first-order chi connectivity index (χ1) is 12.1. The van der Waals surface area contributed by atoms with Crippen LogP contribution in [-0.4, -0.2) is 42.5 Å². The zero-order chi connectivity index (χ0) is 17.4. The van der Waals surface area contributed by atoms with Gasteiger partial charge in [-0.25, -0.2) is 14.3 Å². The molecule has 2 N–H and O–H groups in total. The SMILES string of the molecule is CC(C1CCNCC1)N1CCOc2c(F)cc(-c3n[nH]c(=O)o3)cc21. The summed E-state index contributed by atoms with van der Waals surface area (Å²) in [5.74, 6) is -0.257. The molecule has 3 heterocycles. The summed E-state index contributed by atoms with van der Waals surface area (Å²) in [6.45, 7) is 5.37. The number of halogens is 1. The van der Waals surface area contributed by atoms with Gasteiger partial charge in [-0.2, -0.15) is 0 Å². The van der Waals surface area contributed by atoms with Crippen molar-refractivity contribution in [3.8, 4) is 17.2 Å². The quantitative estimate of drug-likeness (QED) is 0.879. The maximum Gasteiger partial charge on any atom is 0.434 e. The van der Waals surface area contributed by atoms with E-state index < -0.39 is 11.6 Å². The van der Waals surface area contributed by atoms with E-state index in [9.17, 15) is 9.18 Å². The second-order valence-corrected chi connectivity index (χ2v) is 6.59. The first-order valence-corrected chi connectivity index (χ1v) is 8.63. The summed E-state index contributed by atoms with van der Waals surface area (Å²) in [6.07, 6.45) is 2.20. The van der Waals surface area contributed by atoms with Crippen molar-refractivity contribution in [3.05, 3.63) is 28.5 Å². The fourth-order valence-corrected chi connectivity index (χ4v) is 3.78. The second kappa shape index (κ2) is 6.51. The Balaban J connectivity index is 1.71. The summed E-state index contributed by atoms with van der Waals surface area (Å²) in [4.78, 5) is 13.4. The third-order valence-corrected chi connectivity index (χ3v) is 5.15. The fourth-order valence-electron chi connectivity index (χ4n) is 3.78. The molecule has 0 aliphatic carbocycles. The lowest BCUT2D eigenvalue weighted by atomic mass is 9.89. The molecule has 0 radical (unpaired) electrons. The minimum atomic E-state index is -0.663. The Morgan fingerprint density at radius 3 is 2.88 bits per heavy atom. The van der Waals surface area contributed by atoms with Crippen LogP contribution in [0.15, 0.2) is 21.3 Å². The largest absolute Gasteiger partial charge is 0.486 e. The average molecular weight is 348 g/mol. The molecule has 4 rings (SSSR count). The van der Waals surface area contributed by atoms with Crippen LogP contribution in [0.25, 0.3) is 11.5 Å². The molecule has 0 amide bonds. The van der Waals surface area contributed by atoms with E-state index in [-0.39, 0.29) is 17.7 Å². The zero-order valence-electron chi connectivity index (χ0n) is 14.0. The monoisotopic (exact) mass is 348 g/mol. The van der Waals surface area contributed by atoms with Crippen LogP contribution in [0.1, 0.15) is 19.8 Å². The molecule has 0 saturated carbocycles. The number of anilines is 1. The van der Waals surface area contributed by atoms with Crippen molar-refractivity contribution in [2.75, 3.05) is 31.1 Å². The Morgan fingerprint density at radius 2 is 2.16 bits per heavy atom. The molecule has 1 aromatic carbocycles. The van der Waals surface area contributed by atoms with E-state index in [2.05, 4.69) is 27.3 Å². The van der Waals surface area contributed by atoms with Gasteiger partial charge in [0.1, 0.15) is 6.61 Å². The van der Waals surface area contributed by atoms with E-state index in [1.54, 1.807) is 6.07 Å². The summed E-state index contributed by atoms with van der Waals surface area (Å²) in [5, 5.41) is 9.38. The van der Waals surface area contributed by atoms with Crippen LogP contribution in [0.3, 0.4) is 0 Å². The van der Waals surface area contributed by atoms with Crippen molar-refractivity contribution in [1.29, 1.82) is 0 Å². The van der Waals surface area contributed by atoms with Gasteiger partial charge in [0.25, 0.3) is 0 Å². The van der Waals surface area contributed by atoms with Gasteiger partial charge < -0.3 is 19.4 Å². The van der Waals surface area contributed by atoms with Gasteiger partial charge in [-0.15, -0.1) is 5.10 Å². The van der Waals surface area contributed by atoms with Gasteiger partial charge in [0, 0.05) is 11.6 Å². The standard InChI is InChI=1S/C17H21FN4O3/c1-10(11-2-4-19-5-3-11)22-6-7-24-15-13(18)8-12(9-14(15)22)16-20-21-17(23)25-16/h8-11,19H,2-7H2,1H3,(H,21,23). The van der Waals surface area contributed by atoms with Crippen LogP contribution < -0.4 is 20.7 Å². The molecule has 1 atom stereocenters. The predicted octanol–water partition coefficient (Wildman–Crippen LogP) is 1.76. The number of fused-ring (bicyclic) bond motifs is 1. The third kappa shape index (κ3) is 3.02. The first kappa shape index (κ1) is 16.1. The van der Waals surface area contributed by atoms with Crippen LogP contribution in [-0.2, 0) is 0 Å². The zero-order valence-corrected chi connectivity index (χ0v) is 14.0. The van der Waals surface area contributed by atoms with E-state index in [1.807, 2.05) is 0 Å². The van der Waals surface area contributed by atoms with E-state index >= 15 is 0 Å². The Hall–Kier alpha value is -2.35. The van der Waals surface area contributed by atoms with Gasteiger partial charge in [0.2, 0.25) is 5.89 Å². The second-order valence-electron chi connectivity index (χ2n) is 6.59. The molecule has 7 nitrogen and oxygen atoms in total. The Bertz CT molecular complexity index is 812. The molecule has 25 heavy (non-hydrogen) atoms. The molecular formula is C17H21FN4O3. The normalized spacial score (nSPS) is 19.4. The highest BCUT2D eigenvalue weighted by atomic mass is 19.1. The summed E-state index contributed by atoms with van der Waals surface area (Å²) in [7, 11) is 0. The maximum atomic E-state index is 14.6. The minimum Gasteiger partial charge on any atom is -0.486 e. The number of hydrogen-bond donors (Lipinski definition) is 2. The molecular weight excluding hydrogens is 327 g/mol. The molecule has 0 bridgehead atoms. The number of aromatic amines is 1. The van der Waals surface area contributed by atoms with E-state index in [1.165, 1.54) is 6.07 Å². The van der Waals surface area contributed by atoms with Crippen molar-refractivity contribution in [2.24, 2.45) is 5.92 Å². The fraction of sp³-hybridized carbons (Fsp3) is 0.529. The average Bonchev–Trinajstić information content (AvgIpc) is 3.08. The Kier molecular flexibility index (Phi) is 4.20. The molecule has 1 fully saturated rings. The molecule has 8 heteroatoms. The lowest BCUT2D eigenvalue weighted by Crippen LogP contribution is -2.46. The van der Waals surface area contributed by atoms with E-state index in [0.717, 1.165) is 25.9 Å². The van der Waals surface area contributed by atoms with Gasteiger partial charge >= 0.3 is 5.76 Å². The molecule has 2 aliphatic heterocycles. The lowest BCUT2D eigenvalue weighted by Gasteiger charge is -2.41. The molecule has 0 spiro atoms. The number of aromatic nitrogens is 2. The summed E-state index contributed by atoms with van der Waals surface area (Å²) < 4.78 is 25.1. The highest BCUT2D eigenvalue weighted by Crippen LogP contribution is 2.40. The number of piperidine rings is 1. The molecule has 2 aliphatic rings. The highest BCUT2D eigenvalue weighted by Gasteiger charge is 2.31. The van der Waals surface area contributed by atoms with Crippen molar-refractivity contribution < 1.29 is 13.5 Å². The maximum absolute atomic E-state index is 14.6. The van der Waals surface area contributed by atoms with Crippen LogP contribution in [0, 0.1) is 11.7 Å². The Labute approximate surface area is 144 Å². The molecule has 134 valence electrons. The van der Waals surface area contributed by atoms with E-state index in [4.69, 9.17) is 9.15 Å². The number of rotatable bonds is 3. The van der Waals surface area contributed by atoms with Gasteiger partial charge in [-0.3, -0.25) is 0 Å². The topological polar surface area (TPSA) is 83.4 Å². The van der Waals surface area contributed by atoms with Gasteiger partial charge in [0.15, 0.2) is 11.6 Å². The van der Waals surface area contributed by atoms with Gasteiger partial charge in [0.05, 0.1) is 12.2 Å². The third-order valence-electron chi connectivity index (χ3n) is 5.15. The number of benzene rings is 1. The summed E-state index contributed by atoms with van der Waals surface area (Å²) in [5.41, 5.74) is 1.11. The lowest BCUT2D eigenvalue weighted by molar-refractivity contribution is 0.261. The van der Waals surface area contributed by atoms with Crippen molar-refractivity contribution >= 4 is 5.69 Å². The minimum absolute atomic E-state index is 0.0757. The van der Waals surface area contributed by atoms with Crippen molar-refractivity contribution in [2.45, 2.75) is 25.8 Å². The van der Waals surface area contributed by atoms with Crippen LogP contribution >= 0.6 is 0 Å². The Morgan fingerprint density at radius 1 is 1.36 bits per heavy atom. The number of hydrogen-bond acceptors (Lipinski definition) is 6. The van der Waals surface area contributed by atoms with Crippen LogP contribution in [0.4, 0.5) is 10.1 Å². The van der Waals surface area contributed by atoms with E-state index in [0.29, 0.717) is 30.3 Å². The highest BCUT2D eigenvalue weighted by molar-refractivity contribution is 5.70. The van der Waals surface area contributed by atoms with Gasteiger partial charge in [-0.1, -0.05) is 0 Å². The van der Waals surface area contributed by atoms with Crippen molar-refractivity contribution in [3.63, 3.8) is 0 Å². The van der Waals surface area contributed by atoms with Crippen LogP contribution in [0.2, 0.25) is 0 Å². The number of ether oxygens (including phenoxy) is 1. The first-order valence-electron chi connectivity index (χ1n) is 8.63. The van der Waals surface area contributed by atoms with Gasteiger partial charge in [-0.05, 0) is 50.9 Å². The summed E-state index contributed by atoms with van der Waals surface area (Å²) >= 11 is 0. The molecule has 1 aromatic heterocycles.